The molecule has 5 heteroatoms. The molecule has 0 spiro atoms. The fraction of sp³-hybridized carbons (Fsp3) is 0.429. The minimum absolute atomic E-state index is 0.0650. The molecule has 0 aliphatic heterocycles. The van der Waals surface area contributed by atoms with Crippen LogP contribution in [0, 0.1) is 5.92 Å². The van der Waals surface area contributed by atoms with E-state index >= 15 is 0 Å². The van der Waals surface area contributed by atoms with Gasteiger partial charge in [0.1, 0.15) is 5.75 Å². The number of carboxylic acids is 1. The highest BCUT2D eigenvalue weighted by Crippen LogP contribution is 2.26. The predicted molar refractivity (Wildman–Crippen MR) is 68.7 cm³/mol. The molecule has 19 heavy (non-hydrogen) atoms. The predicted octanol–water partition coefficient (Wildman–Crippen LogP) is 1.30. The lowest BCUT2D eigenvalue weighted by Gasteiger charge is -2.17. The number of phenols is 1. The quantitative estimate of drug-likeness (QED) is 0.764. The topological polar surface area (TPSA) is 86.6 Å². The Labute approximate surface area is 111 Å². The number of hydrogen-bond acceptors (Lipinski definition) is 3. The highest BCUT2D eigenvalue weighted by molar-refractivity contribution is 5.81. The molecule has 1 saturated carbocycles. The minimum Gasteiger partial charge on any atom is -0.508 e. The van der Waals surface area contributed by atoms with Crippen molar-refractivity contribution in [1.29, 1.82) is 0 Å². The van der Waals surface area contributed by atoms with Gasteiger partial charge in [0.2, 0.25) is 5.91 Å². The largest absolute Gasteiger partial charge is 0.508 e. The first kappa shape index (κ1) is 13.4. The number of rotatable bonds is 4. The van der Waals surface area contributed by atoms with E-state index in [0.717, 1.165) is 6.42 Å². The monoisotopic (exact) mass is 263 g/mol. The Kier molecular flexibility index (Phi) is 4.04. The van der Waals surface area contributed by atoms with Gasteiger partial charge in [-0.1, -0.05) is 24.6 Å². The maximum absolute atomic E-state index is 11.9. The lowest BCUT2D eigenvalue weighted by molar-refractivity contribution is -0.142. The van der Waals surface area contributed by atoms with Crippen LogP contribution in [-0.2, 0) is 16.0 Å². The lowest BCUT2D eigenvalue weighted by atomic mass is 10.0. The maximum Gasteiger partial charge on any atom is 0.308 e. The SMILES string of the molecule is O=C(Cc1ccccc1O)NC1CCCC1C(=O)O. The molecule has 1 fully saturated rings. The first-order valence-electron chi connectivity index (χ1n) is 6.37. The minimum atomic E-state index is -0.856. The lowest BCUT2D eigenvalue weighted by Crippen LogP contribution is -2.40. The number of aliphatic carboxylic acids is 1. The van der Waals surface area contributed by atoms with Crippen molar-refractivity contribution in [2.45, 2.75) is 31.7 Å². The fourth-order valence-corrected chi connectivity index (χ4v) is 2.52. The average Bonchev–Trinajstić information content (AvgIpc) is 2.80. The number of para-hydroxylation sites is 1. The zero-order valence-electron chi connectivity index (χ0n) is 10.5. The first-order valence-corrected chi connectivity index (χ1v) is 6.37. The fourth-order valence-electron chi connectivity index (χ4n) is 2.52. The summed E-state index contributed by atoms with van der Waals surface area (Å²) >= 11 is 0. The second-order valence-electron chi connectivity index (χ2n) is 4.86. The number of carboxylic acid groups (broad SMARTS) is 1. The van der Waals surface area contributed by atoms with E-state index in [9.17, 15) is 14.7 Å². The van der Waals surface area contributed by atoms with Gasteiger partial charge in [-0.25, -0.2) is 0 Å². The van der Waals surface area contributed by atoms with E-state index in [4.69, 9.17) is 5.11 Å². The van der Waals surface area contributed by atoms with Crippen LogP contribution in [0.5, 0.6) is 5.75 Å². The van der Waals surface area contributed by atoms with Gasteiger partial charge in [0, 0.05) is 11.6 Å². The molecule has 1 amide bonds. The van der Waals surface area contributed by atoms with E-state index in [2.05, 4.69) is 5.32 Å². The number of hydrogen-bond donors (Lipinski definition) is 3. The van der Waals surface area contributed by atoms with Crippen molar-refractivity contribution in [3.05, 3.63) is 29.8 Å². The van der Waals surface area contributed by atoms with Gasteiger partial charge in [-0.05, 0) is 18.9 Å². The van der Waals surface area contributed by atoms with Crippen LogP contribution in [0.2, 0.25) is 0 Å². The van der Waals surface area contributed by atoms with Crippen LogP contribution in [0.4, 0.5) is 0 Å². The van der Waals surface area contributed by atoms with E-state index in [0.29, 0.717) is 18.4 Å². The van der Waals surface area contributed by atoms with Gasteiger partial charge in [0.25, 0.3) is 0 Å². The van der Waals surface area contributed by atoms with Gasteiger partial charge in [0.05, 0.1) is 12.3 Å². The molecule has 0 bridgehead atoms. The van der Waals surface area contributed by atoms with Crippen LogP contribution in [0.1, 0.15) is 24.8 Å². The van der Waals surface area contributed by atoms with Crippen LogP contribution >= 0.6 is 0 Å². The number of phenolic OH excluding ortho intramolecular Hbond substituents is 1. The molecular formula is C14H17NO4. The molecule has 0 aromatic heterocycles. The van der Waals surface area contributed by atoms with Crippen molar-refractivity contribution in [3.63, 3.8) is 0 Å². The molecule has 2 unspecified atom stereocenters. The highest BCUT2D eigenvalue weighted by atomic mass is 16.4. The molecule has 1 aliphatic rings. The van der Waals surface area contributed by atoms with Crippen LogP contribution in [0.15, 0.2) is 24.3 Å². The normalized spacial score (nSPS) is 22.1. The molecule has 2 rings (SSSR count). The zero-order valence-corrected chi connectivity index (χ0v) is 10.5. The first-order chi connectivity index (χ1) is 9.08. The number of carbonyl (C=O) groups excluding carboxylic acids is 1. The third-order valence-electron chi connectivity index (χ3n) is 3.52. The van der Waals surface area contributed by atoms with E-state index < -0.39 is 11.9 Å². The Morgan fingerprint density at radius 2 is 2.00 bits per heavy atom. The van der Waals surface area contributed by atoms with Gasteiger partial charge < -0.3 is 15.5 Å². The number of nitrogens with one attached hydrogen (secondary N) is 1. The maximum atomic E-state index is 11.9. The molecular weight excluding hydrogens is 246 g/mol. The van der Waals surface area contributed by atoms with Gasteiger partial charge in [-0.3, -0.25) is 9.59 Å². The van der Waals surface area contributed by atoms with Gasteiger partial charge in [0.15, 0.2) is 0 Å². The van der Waals surface area contributed by atoms with Crippen molar-refractivity contribution in [2.75, 3.05) is 0 Å². The van der Waals surface area contributed by atoms with Crippen molar-refractivity contribution in [2.24, 2.45) is 5.92 Å². The molecule has 0 radical (unpaired) electrons. The van der Waals surface area contributed by atoms with E-state index in [-0.39, 0.29) is 24.1 Å². The summed E-state index contributed by atoms with van der Waals surface area (Å²) in [7, 11) is 0. The second kappa shape index (κ2) is 5.73. The van der Waals surface area contributed by atoms with Crippen molar-refractivity contribution >= 4 is 11.9 Å². The smallest absolute Gasteiger partial charge is 0.308 e. The van der Waals surface area contributed by atoms with E-state index in [1.54, 1.807) is 18.2 Å². The van der Waals surface area contributed by atoms with Crippen LogP contribution < -0.4 is 5.32 Å². The van der Waals surface area contributed by atoms with Gasteiger partial charge >= 0.3 is 5.97 Å². The number of aromatic hydroxyl groups is 1. The van der Waals surface area contributed by atoms with Crippen LogP contribution in [0.3, 0.4) is 0 Å². The molecule has 3 N–H and O–H groups in total. The summed E-state index contributed by atoms with van der Waals surface area (Å²) in [5.74, 6) is -1.52. The number of carbonyl (C=O) groups is 2. The summed E-state index contributed by atoms with van der Waals surface area (Å²) in [6, 6.07) is 6.35. The summed E-state index contributed by atoms with van der Waals surface area (Å²) in [5.41, 5.74) is 0.546. The third kappa shape index (κ3) is 3.24. The summed E-state index contributed by atoms with van der Waals surface area (Å²) < 4.78 is 0. The Bertz CT molecular complexity index is 486. The molecule has 1 aromatic carbocycles. The number of benzene rings is 1. The van der Waals surface area contributed by atoms with Crippen LogP contribution in [-0.4, -0.2) is 28.1 Å². The van der Waals surface area contributed by atoms with Crippen molar-refractivity contribution in [3.8, 4) is 5.75 Å². The van der Waals surface area contributed by atoms with Gasteiger partial charge in [-0.15, -0.1) is 0 Å². The summed E-state index contributed by atoms with van der Waals surface area (Å²) in [6.07, 6.45) is 2.19. The standard InChI is InChI=1S/C14H17NO4/c16-12-7-2-1-4-9(12)8-13(17)15-11-6-3-5-10(11)14(18)19/h1-2,4,7,10-11,16H,3,5-6,8H2,(H,15,17)(H,18,19). The molecule has 2 atom stereocenters. The Hall–Kier alpha value is -2.04. The van der Waals surface area contributed by atoms with E-state index in [1.165, 1.54) is 6.07 Å². The van der Waals surface area contributed by atoms with E-state index in [1.807, 2.05) is 0 Å². The van der Waals surface area contributed by atoms with Gasteiger partial charge in [-0.2, -0.15) is 0 Å². The Morgan fingerprint density at radius 3 is 2.68 bits per heavy atom. The molecule has 1 aromatic rings. The summed E-state index contributed by atoms with van der Waals surface area (Å²) in [5, 5.41) is 21.4. The molecule has 102 valence electrons. The second-order valence-corrected chi connectivity index (χ2v) is 4.86. The highest BCUT2D eigenvalue weighted by Gasteiger charge is 2.33. The van der Waals surface area contributed by atoms with Crippen molar-refractivity contribution < 1.29 is 19.8 Å². The summed E-state index contributed by atoms with van der Waals surface area (Å²) in [6.45, 7) is 0. The molecule has 1 aliphatic carbocycles. The third-order valence-corrected chi connectivity index (χ3v) is 3.52. The van der Waals surface area contributed by atoms with Crippen LogP contribution in [0.25, 0.3) is 0 Å². The number of amides is 1. The summed E-state index contributed by atoms with van der Waals surface area (Å²) in [4.78, 5) is 22.9. The molecule has 0 heterocycles. The average molecular weight is 263 g/mol. The molecule has 0 saturated heterocycles. The van der Waals surface area contributed by atoms with Crippen molar-refractivity contribution in [1.82, 2.24) is 5.32 Å². The Morgan fingerprint density at radius 1 is 1.26 bits per heavy atom. The molecule has 5 nitrogen and oxygen atoms in total. The zero-order chi connectivity index (χ0) is 13.8. The Balaban J connectivity index is 1.95.